The van der Waals surface area contributed by atoms with E-state index in [4.69, 9.17) is 9.72 Å². The van der Waals surface area contributed by atoms with Gasteiger partial charge < -0.3 is 15.0 Å². The molecule has 0 spiro atoms. The molecule has 2 aromatic rings. The summed E-state index contributed by atoms with van der Waals surface area (Å²) >= 11 is 0. The van der Waals surface area contributed by atoms with Crippen LogP contribution in [0.4, 0.5) is 5.82 Å². The van der Waals surface area contributed by atoms with E-state index in [2.05, 4.69) is 10.2 Å². The average molecular weight is 395 g/mol. The van der Waals surface area contributed by atoms with Crippen LogP contribution in [0.5, 0.6) is 0 Å². The lowest BCUT2D eigenvalue weighted by Crippen LogP contribution is -2.34. The molecule has 29 heavy (non-hydrogen) atoms. The van der Waals surface area contributed by atoms with Crippen molar-refractivity contribution < 1.29 is 9.53 Å². The lowest BCUT2D eigenvalue weighted by molar-refractivity contribution is -0.117. The molecule has 0 saturated carbocycles. The van der Waals surface area contributed by atoms with Crippen LogP contribution in [0, 0.1) is 18.3 Å². The first-order chi connectivity index (χ1) is 14.1. The van der Waals surface area contributed by atoms with Gasteiger partial charge in [0.2, 0.25) is 0 Å². The summed E-state index contributed by atoms with van der Waals surface area (Å²) in [6.45, 7) is 4.10. The van der Waals surface area contributed by atoms with Crippen LogP contribution >= 0.6 is 0 Å². The summed E-state index contributed by atoms with van der Waals surface area (Å²) in [5.74, 6) is -0.00988. The Morgan fingerprint density at radius 2 is 2.14 bits per heavy atom. The molecule has 0 radical (unpaired) electrons. The van der Waals surface area contributed by atoms with Gasteiger partial charge in [0, 0.05) is 32.9 Å². The molecule has 1 fully saturated rings. The van der Waals surface area contributed by atoms with Crippen LogP contribution in [0.25, 0.3) is 11.7 Å². The second-order valence-corrected chi connectivity index (χ2v) is 7.01. The third-order valence-electron chi connectivity index (χ3n) is 4.97. The number of hydrogen-bond acceptors (Lipinski definition) is 6. The lowest BCUT2D eigenvalue weighted by Gasteiger charge is -2.29. The monoisotopic (exact) mass is 395 g/mol. The minimum Gasteiger partial charge on any atom is -0.383 e. The maximum Gasteiger partial charge on any atom is 0.267 e. The van der Waals surface area contributed by atoms with Crippen molar-refractivity contribution >= 4 is 23.4 Å². The zero-order valence-corrected chi connectivity index (χ0v) is 16.8. The fraction of sp³-hybridized carbons (Fsp3) is 0.429. The first-order valence-electron chi connectivity index (χ1n) is 9.72. The smallest absolute Gasteiger partial charge is 0.267 e. The molecule has 8 heteroatoms. The summed E-state index contributed by atoms with van der Waals surface area (Å²) in [6.07, 6.45) is 6.18. The standard InChI is InChI=1S/C21H25N5O3/c1-15-7-6-11-26-18(15)24-19(25-9-4-3-5-10-25)17(21(26)28)13-16(14-22)20(27)23-8-12-29-2/h6-7,11,13H,3-5,8-10,12H2,1-2H3,(H,23,27)/b16-13-. The summed E-state index contributed by atoms with van der Waals surface area (Å²) < 4.78 is 6.38. The van der Waals surface area contributed by atoms with Gasteiger partial charge in [-0.05, 0) is 43.9 Å². The fourth-order valence-corrected chi connectivity index (χ4v) is 3.43. The Morgan fingerprint density at radius 1 is 1.38 bits per heavy atom. The summed E-state index contributed by atoms with van der Waals surface area (Å²) in [4.78, 5) is 32.5. The van der Waals surface area contributed by atoms with Gasteiger partial charge in [-0.25, -0.2) is 4.98 Å². The van der Waals surface area contributed by atoms with E-state index in [0.29, 0.717) is 18.1 Å². The van der Waals surface area contributed by atoms with E-state index < -0.39 is 5.91 Å². The van der Waals surface area contributed by atoms with Crippen molar-refractivity contribution in [2.24, 2.45) is 0 Å². The molecule has 0 aliphatic carbocycles. The topological polar surface area (TPSA) is 99.7 Å². The lowest BCUT2D eigenvalue weighted by atomic mass is 10.1. The van der Waals surface area contributed by atoms with Crippen molar-refractivity contribution in [3.8, 4) is 6.07 Å². The number of fused-ring (bicyclic) bond motifs is 1. The largest absolute Gasteiger partial charge is 0.383 e. The Bertz CT molecular complexity index is 1030. The molecular weight excluding hydrogens is 370 g/mol. The maximum absolute atomic E-state index is 13.3. The SMILES string of the molecule is COCCNC(=O)/C(C#N)=C\c1c(N2CCCCC2)nc2c(C)cccn2c1=O. The van der Waals surface area contributed by atoms with Gasteiger partial charge in [0.1, 0.15) is 23.1 Å². The molecule has 0 aromatic carbocycles. The molecule has 0 atom stereocenters. The summed E-state index contributed by atoms with van der Waals surface area (Å²) in [5.41, 5.74) is 1.30. The highest BCUT2D eigenvalue weighted by atomic mass is 16.5. The number of ether oxygens (including phenoxy) is 1. The van der Waals surface area contributed by atoms with Crippen LogP contribution in [0.15, 0.2) is 28.7 Å². The van der Waals surface area contributed by atoms with Crippen LogP contribution in [0.3, 0.4) is 0 Å². The Morgan fingerprint density at radius 3 is 2.83 bits per heavy atom. The van der Waals surface area contributed by atoms with E-state index in [0.717, 1.165) is 37.9 Å². The Kier molecular flexibility index (Phi) is 6.62. The Labute approximate surface area is 169 Å². The molecule has 2 aromatic heterocycles. The van der Waals surface area contributed by atoms with E-state index in [1.54, 1.807) is 12.3 Å². The van der Waals surface area contributed by atoms with Crippen molar-refractivity contribution in [1.29, 1.82) is 5.26 Å². The van der Waals surface area contributed by atoms with Crippen LogP contribution in [-0.2, 0) is 9.53 Å². The number of nitrogens with zero attached hydrogens (tertiary/aromatic N) is 4. The molecule has 0 unspecified atom stereocenters. The number of rotatable bonds is 6. The van der Waals surface area contributed by atoms with Crippen LogP contribution < -0.4 is 15.8 Å². The number of aryl methyl sites for hydroxylation is 1. The van der Waals surface area contributed by atoms with Crippen LogP contribution in [-0.4, -0.2) is 48.6 Å². The van der Waals surface area contributed by atoms with E-state index in [1.807, 2.05) is 19.1 Å². The normalized spacial score (nSPS) is 14.7. The number of anilines is 1. The predicted molar refractivity (Wildman–Crippen MR) is 111 cm³/mol. The molecule has 3 rings (SSSR count). The summed E-state index contributed by atoms with van der Waals surface area (Å²) in [5, 5.41) is 12.1. The minimum absolute atomic E-state index is 0.133. The second kappa shape index (κ2) is 9.34. The highest BCUT2D eigenvalue weighted by Gasteiger charge is 2.21. The van der Waals surface area contributed by atoms with Crippen molar-refractivity contribution in [3.63, 3.8) is 0 Å². The average Bonchev–Trinajstić information content (AvgIpc) is 2.74. The van der Waals surface area contributed by atoms with Gasteiger partial charge in [-0.15, -0.1) is 0 Å². The maximum atomic E-state index is 13.3. The third kappa shape index (κ3) is 4.46. The van der Waals surface area contributed by atoms with Gasteiger partial charge in [-0.1, -0.05) is 6.07 Å². The van der Waals surface area contributed by atoms with Gasteiger partial charge in [-0.2, -0.15) is 5.26 Å². The molecule has 1 N–H and O–H groups in total. The van der Waals surface area contributed by atoms with Crippen molar-refractivity contribution in [1.82, 2.24) is 14.7 Å². The molecule has 1 aliphatic heterocycles. The van der Waals surface area contributed by atoms with E-state index in [1.165, 1.54) is 17.6 Å². The first kappa shape index (κ1) is 20.6. The van der Waals surface area contributed by atoms with Crippen LogP contribution in [0.1, 0.15) is 30.4 Å². The van der Waals surface area contributed by atoms with Gasteiger partial charge >= 0.3 is 0 Å². The second-order valence-electron chi connectivity index (χ2n) is 7.01. The number of carbonyl (C=O) groups is 1. The minimum atomic E-state index is -0.539. The molecule has 3 heterocycles. The number of aromatic nitrogens is 2. The van der Waals surface area contributed by atoms with E-state index >= 15 is 0 Å². The number of piperidine rings is 1. The molecule has 0 bridgehead atoms. The molecule has 8 nitrogen and oxygen atoms in total. The summed E-state index contributed by atoms with van der Waals surface area (Å²) in [7, 11) is 1.53. The number of carbonyl (C=O) groups excluding carboxylic acids is 1. The Hall–Kier alpha value is -3.18. The summed E-state index contributed by atoms with van der Waals surface area (Å²) in [6, 6.07) is 5.59. The molecule has 1 saturated heterocycles. The van der Waals surface area contributed by atoms with Crippen LogP contribution in [0.2, 0.25) is 0 Å². The predicted octanol–water partition coefficient (Wildman–Crippen LogP) is 1.66. The van der Waals surface area contributed by atoms with E-state index in [9.17, 15) is 14.9 Å². The quantitative estimate of drug-likeness (QED) is 0.454. The molecule has 1 amide bonds. The fourth-order valence-electron chi connectivity index (χ4n) is 3.43. The number of pyridine rings is 1. The number of amides is 1. The van der Waals surface area contributed by atoms with Gasteiger partial charge in [0.05, 0.1) is 12.2 Å². The number of nitriles is 1. The zero-order chi connectivity index (χ0) is 20.8. The number of nitrogens with one attached hydrogen (secondary N) is 1. The van der Waals surface area contributed by atoms with Gasteiger partial charge in [-0.3, -0.25) is 14.0 Å². The highest BCUT2D eigenvalue weighted by molar-refractivity contribution is 6.02. The van der Waals surface area contributed by atoms with Crippen molar-refractivity contribution in [2.75, 3.05) is 38.3 Å². The third-order valence-corrected chi connectivity index (χ3v) is 4.97. The number of hydrogen-bond donors (Lipinski definition) is 1. The van der Waals surface area contributed by atoms with Crippen molar-refractivity contribution in [2.45, 2.75) is 26.2 Å². The van der Waals surface area contributed by atoms with E-state index in [-0.39, 0.29) is 23.2 Å². The molecule has 1 aliphatic rings. The highest BCUT2D eigenvalue weighted by Crippen LogP contribution is 2.23. The van der Waals surface area contributed by atoms with Gasteiger partial charge in [0.25, 0.3) is 11.5 Å². The first-order valence-corrected chi connectivity index (χ1v) is 9.72. The van der Waals surface area contributed by atoms with Crippen molar-refractivity contribution in [3.05, 3.63) is 45.4 Å². The van der Waals surface area contributed by atoms with Gasteiger partial charge in [0.15, 0.2) is 0 Å². The molecular formula is C21H25N5O3. The number of methoxy groups -OCH3 is 1. The zero-order valence-electron chi connectivity index (χ0n) is 16.8. The molecule has 152 valence electrons. The Balaban J connectivity index is 2.13.